The molecule has 0 saturated heterocycles. The van der Waals surface area contributed by atoms with Gasteiger partial charge in [0.2, 0.25) is 5.91 Å². The Balaban J connectivity index is 1.90. The third-order valence-corrected chi connectivity index (χ3v) is 3.90. The van der Waals surface area contributed by atoms with Crippen LogP contribution in [0.2, 0.25) is 0 Å². The van der Waals surface area contributed by atoms with E-state index in [-0.39, 0.29) is 24.4 Å². The second-order valence-corrected chi connectivity index (χ2v) is 6.13. The average Bonchev–Trinajstić information content (AvgIpc) is 2.62. The van der Waals surface area contributed by atoms with Crippen molar-refractivity contribution < 1.29 is 9.59 Å². The summed E-state index contributed by atoms with van der Waals surface area (Å²) in [6.07, 6.45) is 0.878. The van der Waals surface area contributed by atoms with E-state index in [4.69, 9.17) is 0 Å². The Bertz CT molecular complexity index is 726. The summed E-state index contributed by atoms with van der Waals surface area (Å²) in [5, 5.41) is 8.81. The molecule has 0 spiro atoms. The van der Waals surface area contributed by atoms with Crippen LogP contribution in [0.5, 0.6) is 0 Å². The van der Waals surface area contributed by atoms with Crippen LogP contribution in [0.15, 0.2) is 48.5 Å². The van der Waals surface area contributed by atoms with E-state index in [1.165, 1.54) is 0 Å². The lowest BCUT2D eigenvalue weighted by molar-refractivity contribution is -0.114. The first kappa shape index (κ1) is 18.5. The Kier molecular flexibility index (Phi) is 6.57. The molecule has 0 fully saturated rings. The molecule has 5 nitrogen and oxygen atoms in total. The van der Waals surface area contributed by atoms with E-state index < -0.39 is 0 Å². The standard InChI is InChI=1S/C20H25N3O2/c1-4-15(3)22-20(25)16-6-5-7-18(12-16)21-13-19(24)23-17-10-8-14(2)9-11-17/h5-12,15,21H,4,13H2,1-3H3,(H,22,25)(H,23,24). The number of carbonyl (C=O) groups excluding carboxylic acids is 2. The van der Waals surface area contributed by atoms with Gasteiger partial charge in [0.25, 0.3) is 5.91 Å². The quantitative estimate of drug-likeness (QED) is 0.722. The SMILES string of the molecule is CCC(C)NC(=O)c1cccc(NCC(=O)Nc2ccc(C)cc2)c1. The number of aryl methyl sites for hydroxylation is 1. The molecule has 0 aliphatic rings. The minimum Gasteiger partial charge on any atom is -0.376 e. The molecule has 2 amide bonds. The summed E-state index contributed by atoms with van der Waals surface area (Å²) in [6.45, 7) is 6.12. The number of hydrogen-bond acceptors (Lipinski definition) is 3. The predicted octanol–water partition coefficient (Wildman–Crippen LogP) is 3.57. The van der Waals surface area contributed by atoms with Crippen molar-refractivity contribution in [1.29, 1.82) is 0 Å². The molecule has 0 aromatic heterocycles. The van der Waals surface area contributed by atoms with Crippen molar-refractivity contribution in [2.75, 3.05) is 17.2 Å². The van der Waals surface area contributed by atoms with Gasteiger partial charge in [0.1, 0.15) is 0 Å². The highest BCUT2D eigenvalue weighted by molar-refractivity contribution is 5.96. The molecular weight excluding hydrogens is 314 g/mol. The Labute approximate surface area is 148 Å². The lowest BCUT2D eigenvalue weighted by atomic mass is 10.1. The molecule has 0 aliphatic heterocycles. The molecule has 2 aromatic rings. The van der Waals surface area contributed by atoms with Crippen molar-refractivity contribution in [3.63, 3.8) is 0 Å². The van der Waals surface area contributed by atoms with Crippen LogP contribution < -0.4 is 16.0 Å². The summed E-state index contributed by atoms with van der Waals surface area (Å²) in [5.41, 5.74) is 3.21. The summed E-state index contributed by atoms with van der Waals surface area (Å²) in [6, 6.07) is 14.9. The van der Waals surface area contributed by atoms with Gasteiger partial charge in [-0.3, -0.25) is 9.59 Å². The van der Waals surface area contributed by atoms with Gasteiger partial charge in [0, 0.05) is 23.0 Å². The Morgan fingerprint density at radius 2 is 1.76 bits per heavy atom. The number of amides is 2. The Morgan fingerprint density at radius 1 is 1.04 bits per heavy atom. The first-order chi connectivity index (χ1) is 12.0. The summed E-state index contributed by atoms with van der Waals surface area (Å²) < 4.78 is 0. The zero-order valence-corrected chi connectivity index (χ0v) is 14.9. The molecule has 2 rings (SSSR count). The van der Waals surface area contributed by atoms with E-state index in [0.29, 0.717) is 5.56 Å². The van der Waals surface area contributed by atoms with Crippen molar-refractivity contribution in [2.45, 2.75) is 33.2 Å². The summed E-state index contributed by atoms with van der Waals surface area (Å²) in [4.78, 5) is 24.2. The number of rotatable bonds is 7. The number of carbonyl (C=O) groups is 2. The second kappa shape index (κ2) is 8.87. The minimum absolute atomic E-state index is 0.109. The number of nitrogens with one attached hydrogen (secondary N) is 3. The molecule has 3 N–H and O–H groups in total. The van der Waals surface area contributed by atoms with Crippen LogP contribution in [0.3, 0.4) is 0 Å². The molecule has 1 atom stereocenters. The van der Waals surface area contributed by atoms with Gasteiger partial charge in [-0.25, -0.2) is 0 Å². The molecule has 1 unspecified atom stereocenters. The molecular formula is C20H25N3O2. The molecule has 0 saturated carbocycles. The van der Waals surface area contributed by atoms with Crippen LogP contribution in [-0.2, 0) is 4.79 Å². The zero-order chi connectivity index (χ0) is 18.2. The topological polar surface area (TPSA) is 70.2 Å². The van der Waals surface area contributed by atoms with Crippen molar-refractivity contribution in [3.8, 4) is 0 Å². The average molecular weight is 339 g/mol. The van der Waals surface area contributed by atoms with Crippen LogP contribution in [0.1, 0.15) is 36.2 Å². The number of anilines is 2. The highest BCUT2D eigenvalue weighted by Gasteiger charge is 2.09. The monoisotopic (exact) mass is 339 g/mol. The first-order valence-corrected chi connectivity index (χ1v) is 8.49. The van der Waals surface area contributed by atoms with Crippen molar-refractivity contribution in [1.82, 2.24) is 5.32 Å². The lowest BCUT2D eigenvalue weighted by Gasteiger charge is -2.12. The lowest BCUT2D eigenvalue weighted by Crippen LogP contribution is -2.31. The maximum Gasteiger partial charge on any atom is 0.251 e. The fourth-order valence-electron chi connectivity index (χ4n) is 2.20. The normalized spacial score (nSPS) is 11.5. The minimum atomic E-state index is -0.140. The maximum absolute atomic E-state index is 12.2. The molecule has 0 heterocycles. The second-order valence-electron chi connectivity index (χ2n) is 6.13. The van der Waals surface area contributed by atoms with Gasteiger partial charge in [0.15, 0.2) is 0 Å². The third kappa shape index (κ3) is 5.95. The van der Waals surface area contributed by atoms with Crippen LogP contribution in [-0.4, -0.2) is 24.4 Å². The van der Waals surface area contributed by atoms with E-state index in [2.05, 4.69) is 16.0 Å². The highest BCUT2D eigenvalue weighted by atomic mass is 16.2. The van der Waals surface area contributed by atoms with Crippen LogP contribution in [0.4, 0.5) is 11.4 Å². The molecule has 132 valence electrons. The smallest absolute Gasteiger partial charge is 0.251 e. The summed E-state index contributed by atoms with van der Waals surface area (Å²) in [7, 11) is 0. The van der Waals surface area contributed by atoms with Gasteiger partial charge in [-0.15, -0.1) is 0 Å². The van der Waals surface area contributed by atoms with E-state index in [1.54, 1.807) is 18.2 Å². The third-order valence-electron chi connectivity index (χ3n) is 3.90. The molecule has 2 aromatic carbocycles. The van der Waals surface area contributed by atoms with E-state index >= 15 is 0 Å². The largest absolute Gasteiger partial charge is 0.376 e. The molecule has 0 aliphatic carbocycles. The zero-order valence-electron chi connectivity index (χ0n) is 14.9. The fraction of sp³-hybridized carbons (Fsp3) is 0.300. The summed E-state index contributed by atoms with van der Waals surface area (Å²) in [5.74, 6) is -0.250. The van der Waals surface area contributed by atoms with Gasteiger partial charge in [-0.05, 0) is 50.6 Å². The van der Waals surface area contributed by atoms with E-state index in [1.807, 2.05) is 51.1 Å². The van der Waals surface area contributed by atoms with Crippen molar-refractivity contribution in [3.05, 3.63) is 59.7 Å². The van der Waals surface area contributed by atoms with Crippen LogP contribution >= 0.6 is 0 Å². The van der Waals surface area contributed by atoms with E-state index in [9.17, 15) is 9.59 Å². The first-order valence-electron chi connectivity index (χ1n) is 8.49. The number of benzene rings is 2. The van der Waals surface area contributed by atoms with Gasteiger partial charge in [-0.1, -0.05) is 30.7 Å². The fourth-order valence-corrected chi connectivity index (χ4v) is 2.20. The van der Waals surface area contributed by atoms with Gasteiger partial charge < -0.3 is 16.0 Å². The molecule has 0 radical (unpaired) electrons. The van der Waals surface area contributed by atoms with E-state index in [0.717, 1.165) is 23.4 Å². The molecule has 5 heteroatoms. The maximum atomic E-state index is 12.2. The van der Waals surface area contributed by atoms with Gasteiger partial charge in [0.05, 0.1) is 6.54 Å². The Hall–Kier alpha value is -2.82. The van der Waals surface area contributed by atoms with Gasteiger partial charge >= 0.3 is 0 Å². The Morgan fingerprint density at radius 3 is 2.44 bits per heavy atom. The number of hydrogen-bond donors (Lipinski definition) is 3. The molecule has 0 bridgehead atoms. The van der Waals surface area contributed by atoms with Crippen LogP contribution in [0.25, 0.3) is 0 Å². The summed E-state index contributed by atoms with van der Waals surface area (Å²) >= 11 is 0. The predicted molar refractivity (Wildman–Crippen MR) is 102 cm³/mol. The van der Waals surface area contributed by atoms with Crippen molar-refractivity contribution >= 4 is 23.2 Å². The van der Waals surface area contributed by atoms with Gasteiger partial charge in [-0.2, -0.15) is 0 Å². The van der Waals surface area contributed by atoms with Crippen LogP contribution in [0, 0.1) is 6.92 Å². The highest BCUT2D eigenvalue weighted by Crippen LogP contribution is 2.12. The van der Waals surface area contributed by atoms with Crippen molar-refractivity contribution in [2.24, 2.45) is 0 Å². The molecule has 25 heavy (non-hydrogen) atoms.